The largest absolute Gasteiger partial charge is 0.341 e. The Morgan fingerprint density at radius 2 is 1.92 bits per heavy atom. The van der Waals surface area contributed by atoms with Gasteiger partial charge in [-0.05, 0) is 19.3 Å². The van der Waals surface area contributed by atoms with Crippen molar-refractivity contribution in [3.8, 4) is 0 Å². The van der Waals surface area contributed by atoms with Crippen LogP contribution in [0.1, 0.15) is 31.7 Å². The van der Waals surface area contributed by atoms with Gasteiger partial charge in [-0.3, -0.25) is 4.79 Å². The van der Waals surface area contributed by atoms with E-state index in [1.54, 1.807) is 31.7 Å². The lowest BCUT2D eigenvalue weighted by molar-refractivity contribution is -0.132. The summed E-state index contributed by atoms with van der Waals surface area (Å²) in [6.45, 7) is 3.84. The number of halogens is 1. The molecule has 1 fully saturated rings. The van der Waals surface area contributed by atoms with Crippen LogP contribution < -0.4 is 4.90 Å². The minimum absolute atomic E-state index is 0.0741. The maximum absolute atomic E-state index is 12.2. The van der Waals surface area contributed by atoms with Crippen molar-refractivity contribution in [1.29, 1.82) is 0 Å². The Labute approximate surface area is 152 Å². The van der Waals surface area contributed by atoms with E-state index < -0.39 is 0 Å². The molecule has 1 aliphatic heterocycles. The molecule has 3 heterocycles. The predicted molar refractivity (Wildman–Crippen MR) is 95.2 cm³/mol. The molecule has 0 bridgehead atoms. The van der Waals surface area contributed by atoms with Crippen LogP contribution in [-0.2, 0) is 11.3 Å². The molecule has 3 rings (SSSR count). The van der Waals surface area contributed by atoms with Crippen molar-refractivity contribution in [2.45, 2.75) is 38.8 Å². The third-order valence-corrected chi connectivity index (χ3v) is 4.59. The Balaban J connectivity index is 1.67. The van der Waals surface area contributed by atoms with Crippen LogP contribution in [0.15, 0.2) is 31.1 Å². The number of hydrogen-bond donors (Lipinski definition) is 0. The highest BCUT2D eigenvalue weighted by Gasteiger charge is 2.25. The van der Waals surface area contributed by atoms with E-state index in [9.17, 15) is 4.79 Å². The monoisotopic (exact) mass is 360 g/mol. The fourth-order valence-electron chi connectivity index (χ4n) is 3.17. The number of carbonyl (C=O) groups is 1. The second-order valence-electron chi connectivity index (χ2n) is 6.17. The first-order valence-electron chi connectivity index (χ1n) is 8.37. The molecule has 0 unspecified atom stereocenters. The van der Waals surface area contributed by atoms with Gasteiger partial charge in [0.25, 0.3) is 0 Å². The van der Waals surface area contributed by atoms with E-state index in [2.05, 4.69) is 24.8 Å². The van der Waals surface area contributed by atoms with Crippen molar-refractivity contribution in [3.63, 3.8) is 0 Å². The predicted octanol–water partition coefficient (Wildman–Crippen LogP) is 2.33. The number of rotatable bonds is 4. The summed E-state index contributed by atoms with van der Waals surface area (Å²) in [7, 11) is 0. The summed E-state index contributed by atoms with van der Waals surface area (Å²) in [5.74, 6) is 0.765. The van der Waals surface area contributed by atoms with Crippen molar-refractivity contribution >= 4 is 23.5 Å². The van der Waals surface area contributed by atoms with E-state index in [4.69, 9.17) is 11.6 Å². The van der Waals surface area contributed by atoms with Gasteiger partial charge < -0.3 is 9.80 Å². The lowest BCUT2D eigenvalue weighted by atomic mass is 10.1. The first-order chi connectivity index (χ1) is 12.1. The van der Waals surface area contributed by atoms with Gasteiger partial charge in [0.05, 0.1) is 17.4 Å². The molecule has 25 heavy (non-hydrogen) atoms. The van der Waals surface area contributed by atoms with E-state index in [0.29, 0.717) is 17.5 Å². The smallest absolute Gasteiger partial charge is 0.225 e. The number of hydrogen-bond acceptors (Lipinski definition) is 6. The summed E-state index contributed by atoms with van der Waals surface area (Å²) in [6, 6.07) is 0.190. The van der Waals surface area contributed by atoms with Crippen molar-refractivity contribution < 1.29 is 4.79 Å². The number of aromatic nitrogens is 4. The zero-order chi connectivity index (χ0) is 17.6. The molecule has 0 aliphatic carbocycles. The number of anilines is 1. The molecule has 7 nitrogen and oxygen atoms in total. The Hall–Kier alpha value is -2.28. The maximum Gasteiger partial charge on any atom is 0.225 e. The van der Waals surface area contributed by atoms with Crippen LogP contribution in [0.2, 0.25) is 5.02 Å². The first-order valence-corrected chi connectivity index (χ1v) is 8.75. The molecule has 8 heteroatoms. The third kappa shape index (κ3) is 4.63. The fourth-order valence-corrected chi connectivity index (χ4v) is 3.26. The van der Waals surface area contributed by atoms with Gasteiger partial charge in [-0.1, -0.05) is 11.6 Å². The highest BCUT2D eigenvalue weighted by Crippen LogP contribution is 2.21. The van der Waals surface area contributed by atoms with Crippen LogP contribution in [0.4, 0.5) is 5.95 Å². The van der Waals surface area contributed by atoms with Crippen LogP contribution >= 0.6 is 11.6 Å². The van der Waals surface area contributed by atoms with Crippen LogP contribution in [0.5, 0.6) is 0 Å². The molecule has 0 N–H and O–H groups in total. The molecule has 2 aromatic rings. The normalized spacial score (nSPS) is 17.8. The highest BCUT2D eigenvalue weighted by molar-refractivity contribution is 6.30. The highest BCUT2D eigenvalue weighted by atomic mass is 35.5. The molecule has 1 amide bonds. The molecular formula is C17H21ClN6O. The summed E-state index contributed by atoms with van der Waals surface area (Å²) in [4.78, 5) is 32.9. The van der Waals surface area contributed by atoms with E-state index >= 15 is 0 Å². The molecule has 0 saturated carbocycles. The molecular weight excluding hydrogens is 340 g/mol. The van der Waals surface area contributed by atoms with E-state index in [1.165, 1.54) is 6.33 Å². The summed E-state index contributed by atoms with van der Waals surface area (Å²) in [5, 5.41) is 0.532. The van der Waals surface area contributed by atoms with Gasteiger partial charge in [0.15, 0.2) is 0 Å². The number of amides is 1. The van der Waals surface area contributed by atoms with Gasteiger partial charge in [0.1, 0.15) is 6.33 Å². The molecule has 0 aromatic carbocycles. The Bertz CT molecular complexity index is 696. The minimum atomic E-state index is 0.0741. The average molecular weight is 361 g/mol. The van der Waals surface area contributed by atoms with Gasteiger partial charge in [-0.2, -0.15) is 0 Å². The lowest BCUT2D eigenvalue weighted by Gasteiger charge is -2.30. The molecule has 1 aliphatic rings. The van der Waals surface area contributed by atoms with Gasteiger partial charge in [-0.15, -0.1) is 0 Å². The van der Waals surface area contributed by atoms with Crippen LogP contribution in [-0.4, -0.2) is 49.9 Å². The molecule has 1 atom stereocenters. The minimum Gasteiger partial charge on any atom is -0.341 e. The fraction of sp³-hybridized carbons (Fsp3) is 0.471. The topological polar surface area (TPSA) is 75.1 Å². The second-order valence-corrected chi connectivity index (χ2v) is 6.60. The SMILES string of the molecule is CC(=O)N(Cc1cncnc1)[C@@H]1CCCN(c2ncc(Cl)cn2)CC1. The first kappa shape index (κ1) is 17.5. The second kappa shape index (κ2) is 8.20. The summed E-state index contributed by atoms with van der Waals surface area (Å²) >= 11 is 5.86. The van der Waals surface area contributed by atoms with E-state index in [1.807, 2.05) is 4.90 Å². The number of carbonyl (C=O) groups excluding carboxylic acids is 1. The standard InChI is InChI=1S/C17H21ClN6O/c1-13(25)24(11-14-7-19-12-20-8-14)16-3-2-5-23(6-4-16)17-21-9-15(18)10-22-17/h7-10,12,16H,2-6,11H2,1H3/t16-/m1/s1. The third-order valence-electron chi connectivity index (χ3n) is 4.40. The van der Waals surface area contributed by atoms with Crippen molar-refractivity contribution in [1.82, 2.24) is 24.8 Å². The van der Waals surface area contributed by atoms with Gasteiger partial charge in [0, 0.05) is 50.6 Å². The number of nitrogens with zero attached hydrogens (tertiary/aromatic N) is 6. The lowest BCUT2D eigenvalue weighted by Crippen LogP contribution is -2.39. The molecule has 132 valence electrons. The van der Waals surface area contributed by atoms with E-state index in [0.717, 1.165) is 37.9 Å². The van der Waals surface area contributed by atoms with Crippen LogP contribution in [0, 0.1) is 0 Å². The summed E-state index contributed by atoms with van der Waals surface area (Å²) < 4.78 is 0. The van der Waals surface area contributed by atoms with Crippen molar-refractivity contribution in [2.24, 2.45) is 0 Å². The van der Waals surface area contributed by atoms with E-state index in [-0.39, 0.29) is 11.9 Å². The van der Waals surface area contributed by atoms with Gasteiger partial charge in [0.2, 0.25) is 11.9 Å². The quantitative estimate of drug-likeness (QED) is 0.833. The Kier molecular flexibility index (Phi) is 5.75. The van der Waals surface area contributed by atoms with Crippen LogP contribution in [0.25, 0.3) is 0 Å². The summed E-state index contributed by atoms with van der Waals surface area (Å²) in [5.41, 5.74) is 0.944. The molecule has 0 spiro atoms. The van der Waals surface area contributed by atoms with Gasteiger partial charge in [-0.25, -0.2) is 19.9 Å². The zero-order valence-electron chi connectivity index (χ0n) is 14.2. The maximum atomic E-state index is 12.2. The molecule has 0 radical (unpaired) electrons. The molecule has 1 saturated heterocycles. The Morgan fingerprint density at radius 3 is 2.60 bits per heavy atom. The van der Waals surface area contributed by atoms with Crippen LogP contribution in [0.3, 0.4) is 0 Å². The summed E-state index contributed by atoms with van der Waals surface area (Å²) in [6.07, 6.45) is 11.0. The average Bonchev–Trinajstić information content (AvgIpc) is 2.87. The van der Waals surface area contributed by atoms with Crippen molar-refractivity contribution in [3.05, 3.63) is 41.7 Å². The van der Waals surface area contributed by atoms with Gasteiger partial charge >= 0.3 is 0 Å². The van der Waals surface area contributed by atoms with Crippen molar-refractivity contribution in [2.75, 3.05) is 18.0 Å². The zero-order valence-corrected chi connectivity index (χ0v) is 14.9. The molecule has 2 aromatic heterocycles. The Morgan fingerprint density at radius 1 is 1.20 bits per heavy atom.